The minimum Gasteiger partial charge on any atom is -0.388 e. The smallest absolute Gasteiger partial charge is 0.249 e. The number of fused-ring (bicyclic) bond motifs is 2. The predicted octanol–water partition coefficient (Wildman–Crippen LogP) is 3.61. The van der Waals surface area contributed by atoms with E-state index in [1.807, 2.05) is 0 Å². The van der Waals surface area contributed by atoms with Gasteiger partial charge in [0.25, 0.3) is 0 Å². The van der Waals surface area contributed by atoms with E-state index < -0.39 is 0 Å². The van der Waals surface area contributed by atoms with Gasteiger partial charge in [0.15, 0.2) is 0 Å². The van der Waals surface area contributed by atoms with Crippen LogP contribution in [0.3, 0.4) is 0 Å². The molecule has 18 heavy (non-hydrogen) atoms. The van der Waals surface area contributed by atoms with Crippen LogP contribution in [0.15, 0.2) is 48.5 Å². The van der Waals surface area contributed by atoms with Crippen molar-refractivity contribution in [1.29, 1.82) is 0 Å². The van der Waals surface area contributed by atoms with Crippen LogP contribution in [-0.4, -0.2) is 14.8 Å². The molecule has 0 aliphatic carbocycles. The first-order chi connectivity index (χ1) is 8.86. The van der Waals surface area contributed by atoms with Crippen LogP contribution in [0.25, 0.3) is 0 Å². The summed E-state index contributed by atoms with van der Waals surface area (Å²) in [5, 5.41) is 0. The van der Waals surface area contributed by atoms with Gasteiger partial charge in [-0.2, -0.15) is 0 Å². The highest BCUT2D eigenvalue weighted by Crippen LogP contribution is 2.46. The monoisotopic (exact) mass is 232 g/mol. The van der Waals surface area contributed by atoms with E-state index >= 15 is 0 Å². The second-order valence-corrected chi connectivity index (χ2v) is 4.23. The highest BCUT2D eigenvalue weighted by atomic mass is 15.2. The van der Waals surface area contributed by atoms with Gasteiger partial charge in [0.1, 0.15) is 0 Å². The summed E-state index contributed by atoms with van der Waals surface area (Å²) in [6.45, 7) is 4.14. The molecule has 0 aromatic heterocycles. The molecular weight excluding hydrogens is 218 g/mol. The van der Waals surface area contributed by atoms with Crippen LogP contribution in [0.4, 0.5) is 22.7 Å². The van der Waals surface area contributed by atoms with Gasteiger partial charge < -0.3 is 9.62 Å². The van der Waals surface area contributed by atoms with Gasteiger partial charge >= 0.3 is 0 Å². The lowest BCUT2D eigenvalue weighted by Gasteiger charge is -2.40. The van der Waals surface area contributed by atoms with E-state index in [1.165, 1.54) is 22.7 Å². The summed E-state index contributed by atoms with van der Waals surface area (Å²) in [4.78, 5) is 4.48. The largest absolute Gasteiger partial charge is 0.388 e. The Morgan fingerprint density at radius 1 is 0.611 bits per heavy atom. The van der Waals surface area contributed by atoms with E-state index in [0.717, 1.165) is 0 Å². The summed E-state index contributed by atoms with van der Waals surface area (Å²) in [5.41, 5.74) is 4.88. The highest BCUT2D eigenvalue weighted by molar-refractivity contribution is 6.48. The van der Waals surface area contributed by atoms with Crippen molar-refractivity contribution in [2.24, 2.45) is 0 Å². The molecule has 4 heteroatoms. The van der Waals surface area contributed by atoms with E-state index in [-0.39, 0.29) is 0 Å². The fraction of sp³-hybridized carbons (Fsp3) is 0.143. The molecule has 2 nitrogen and oxygen atoms in total. The first-order valence-corrected chi connectivity index (χ1v) is 6.22. The lowest BCUT2D eigenvalue weighted by Crippen LogP contribution is -2.31. The van der Waals surface area contributed by atoms with Crippen molar-refractivity contribution in [3.05, 3.63) is 48.5 Å². The predicted molar refractivity (Wildman–Crippen MR) is 80.4 cm³/mol. The zero-order chi connectivity index (χ0) is 12.5. The number of rotatable bonds is 2. The summed E-state index contributed by atoms with van der Waals surface area (Å²) >= 11 is 0. The van der Waals surface area contributed by atoms with Crippen LogP contribution in [-0.2, 0) is 0 Å². The molecular formula is C14H14B2N2. The summed E-state index contributed by atoms with van der Waals surface area (Å²) in [6, 6.07) is 16.9. The molecule has 0 unspecified atom stereocenters. The molecule has 0 saturated carbocycles. The first-order valence-electron chi connectivity index (χ1n) is 6.22. The number of para-hydroxylation sites is 4. The van der Waals surface area contributed by atoms with Gasteiger partial charge in [-0.25, -0.2) is 0 Å². The van der Waals surface area contributed by atoms with Crippen molar-refractivity contribution in [3.63, 3.8) is 0 Å². The average Bonchev–Trinajstić information content (AvgIpc) is 2.44. The van der Waals surface area contributed by atoms with Gasteiger partial charge in [0.05, 0.1) is 22.7 Å². The maximum Gasteiger partial charge on any atom is 0.249 e. The standard InChI is InChI=1S/C14H14B2N2/c1-15-17-11-7-3-5-9-13(11)18(16-2)14-10-6-4-8-12(14)17/h3-10H,1-2H3. The summed E-state index contributed by atoms with van der Waals surface area (Å²) < 4.78 is 0. The fourth-order valence-corrected chi connectivity index (χ4v) is 2.56. The number of hydrogen-bond donors (Lipinski definition) is 0. The molecule has 1 aliphatic rings. The SMILES string of the molecule is C[B]N1c2ccccc2N([B]C)c2ccccc21. The lowest BCUT2D eigenvalue weighted by atomic mass is 9.85. The van der Waals surface area contributed by atoms with Crippen molar-refractivity contribution < 1.29 is 0 Å². The normalized spacial score (nSPS) is 12.8. The lowest BCUT2D eigenvalue weighted by molar-refractivity contribution is 1.27. The van der Waals surface area contributed by atoms with Crippen LogP contribution >= 0.6 is 0 Å². The van der Waals surface area contributed by atoms with Crippen LogP contribution in [0.2, 0.25) is 13.6 Å². The Kier molecular flexibility index (Phi) is 2.78. The minimum atomic E-state index is 1.22. The van der Waals surface area contributed by atoms with Crippen molar-refractivity contribution >= 4 is 37.6 Å². The quantitative estimate of drug-likeness (QED) is 0.729. The van der Waals surface area contributed by atoms with Gasteiger partial charge in [-0.05, 0) is 24.3 Å². The van der Waals surface area contributed by atoms with Gasteiger partial charge in [-0.15, -0.1) is 0 Å². The number of anilines is 4. The van der Waals surface area contributed by atoms with Gasteiger partial charge in [0.2, 0.25) is 14.8 Å². The Bertz CT molecular complexity index is 474. The van der Waals surface area contributed by atoms with E-state index in [0.29, 0.717) is 0 Å². The maximum absolute atomic E-state index is 2.24. The van der Waals surface area contributed by atoms with Gasteiger partial charge in [-0.1, -0.05) is 37.9 Å². The Hall–Kier alpha value is -1.83. The molecule has 1 heterocycles. The summed E-state index contributed by atoms with van der Waals surface area (Å²) in [7, 11) is 4.23. The van der Waals surface area contributed by atoms with E-state index in [1.54, 1.807) is 0 Å². The second-order valence-electron chi connectivity index (χ2n) is 4.23. The second kappa shape index (κ2) is 4.45. The third kappa shape index (κ3) is 1.52. The van der Waals surface area contributed by atoms with E-state index in [4.69, 9.17) is 0 Å². The maximum atomic E-state index is 2.24. The molecule has 2 aromatic rings. The molecule has 0 amide bonds. The molecule has 1 aliphatic heterocycles. The van der Waals surface area contributed by atoms with Crippen molar-refractivity contribution in [3.8, 4) is 0 Å². The Balaban J connectivity index is 2.25. The molecule has 3 rings (SSSR count). The zero-order valence-corrected chi connectivity index (χ0v) is 10.7. The molecule has 2 aromatic carbocycles. The summed E-state index contributed by atoms with van der Waals surface area (Å²) in [6.07, 6.45) is 0. The van der Waals surface area contributed by atoms with Crippen molar-refractivity contribution in [2.75, 3.05) is 9.62 Å². The van der Waals surface area contributed by atoms with Crippen LogP contribution in [0.1, 0.15) is 0 Å². The van der Waals surface area contributed by atoms with Gasteiger partial charge in [-0.3, -0.25) is 0 Å². The van der Waals surface area contributed by atoms with Crippen molar-refractivity contribution in [1.82, 2.24) is 0 Å². The molecule has 0 fully saturated rings. The Labute approximate surface area is 110 Å². The van der Waals surface area contributed by atoms with Crippen LogP contribution < -0.4 is 9.62 Å². The fourth-order valence-electron chi connectivity index (χ4n) is 2.56. The Morgan fingerprint density at radius 2 is 0.889 bits per heavy atom. The molecule has 0 spiro atoms. The van der Waals surface area contributed by atoms with E-state index in [9.17, 15) is 0 Å². The van der Waals surface area contributed by atoms with Crippen molar-refractivity contribution in [2.45, 2.75) is 13.6 Å². The molecule has 0 saturated heterocycles. The number of hydrogen-bond acceptors (Lipinski definition) is 2. The molecule has 0 N–H and O–H groups in total. The molecule has 0 bridgehead atoms. The van der Waals surface area contributed by atoms with Crippen LogP contribution in [0.5, 0.6) is 0 Å². The van der Waals surface area contributed by atoms with Crippen LogP contribution in [0, 0.1) is 0 Å². The third-order valence-electron chi connectivity index (χ3n) is 3.32. The van der Waals surface area contributed by atoms with Gasteiger partial charge in [0, 0.05) is 0 Å². The molecule has 2 radical (unpaired) electrons. The Morgan fingerprint density at radius 3 is 1.11 bits per heavy atom. The zero-order valence-electron chi connectivity index (χ0n) is 10.7. The number of nitrogens with zero attached hydrogens (tertiary/aromatic N) is 2. The number of benzene rings is 2. The van der Waals surface area contributed by atoms with E-state index in [2.05, 4.69) is 86.6 Å². The highest BCUT2D eigenvalue weighted by Gasteiger charge is 2.25. The topological polar surface area (TPSA) is 6.48 Å². The minimum absolute atomic E-state index is 1.22. The first kappa shape index (κ1) is 11.3. The average molecular weight is 232 g/mol. The third-order valence-corrected chi connectivity index (χ3v) is 3.32. The molecule has 86 valence electrons. The molecule has 0 atom stereocenters. The summed E-state index contributed by atoms with van der Waals surface area (Å²) in [5.74, 6) is 0.